The SMILES string of the molecule is COc1ccc2nc(-c3ccccc3)cc(C(=O)Nc3ccc(C(N)=O)cc3)c2c1. The van der Waals surface area contributed by atoms with Gasteiger partial charge in [-0.25, -0.2) is 4.98 Å². The molecule has 0 spiro atoms. The van der Waals surface area contributed by atoms with Crippen molar-refractivity contribution in [2.45, 2.75) is 0 Å². The van der Waals surface area contributed by atoms with Gasteiger partial charge >= 0.3 is 0 Å². The van der Waals surface area contributed by atoms with E-state index in [2.05, 4.69) is 5.32 Å². The second kappa shape index (κ2) is 8.05. The summed E-state index contributed by atoms with van der Waals surface area (Å²) in [6, 6.07) is 23.3. The quantitative estimate of drug-likeness (QED) is 0.526. The topological polar surface area (TPSA) is 94.3 Å². The second-order valence-corrected chi connectivity index (χ2v) is 6.70. The molecule has 1 aromatic heterocycles. The van der Waals surface area contributed by atoms with E-state index in [1.165, 1.54) is 0 Å². The van der Waals surface area contributed by atoms with E-state index in [0.29, 0.717) is 39.2 Å². The first-order valence-corrected chi connectivity index (χ1v) is 9.30. The van der Waals surface area contributed by atoms with Crippen molar-refractivity contribution in [1.29, 1.82) is 0 Å². The minimum Gasteiger partial charge on any atom is -0.497 e. The van der Waals surface area contributed by atoms with Gasteiger partial charge in [-0.2, -0.15) is 0 Å². The third kappa shape index (κ3) is 3.84. The highest BCUT2D eigenvalue weighted by molar-refractivity contribution is 6.13. The van der Waals surface area contributed by atoms with Crippen LogP contribution in [0.1, 0.15) is 20.7 Å². The lowest BCUT2D eigenvalue weighted by Gasteiger charge is -2.12. The van der Waals surface area contributed by atoms with Crippen molar-refractivity contribution in [3.05, 3.63) is 90.0 Å². The van der Waals surface area contributed by atoms with Crippen LogP contribution in [0.25, 0.3) is 22.2 Å². The molecule has 4 aromatic rings. The average molecular weight is 397 g/mol. The maximum atomic E-state index is 13.2. The van der Waals surface area contributed by atoms with E-state index in [0.717, 1.165) is 5.56 Å². The number of aromatic nitrogens is 1. The van der Waals surface area contributed by atoms with E-state index in [1.54, 1.807) is 43.5 Å². The van der Waals surface area contributed by atoms with E-state index in [1.807, 2.05) is 42.5 Å². The minimum absolute atomic E-state index is 0.292. The van der Waals surface area contributed by atoms with Crippen LogP contribution in [-0.4, -0.2) is 23.9 Å². The highest BCUT2D eigenvalue weighted by Crippen LogP contribution is 2.28. The molecule has 0 saturated heterocycles. The number of carbonyl (C=O) groups excluding carboxylic acids is 2. The smallest absolute Gasteiger partial charge is 0.256 e. The number of hydrogen-bond acceptors (Lipinski definition) is 4. The summed E-state index contributed by atoms with van der Waals surface area (Å²) in [6.07, 6.45) is 0. The Hall–Kier alpha value is -4.19. The Bertz CT molecular complexity index is 1240. The Balaban J connectivity index is 1.78. The maximum absolute atomic E-state index is 13.2. The van der Waals surface area contributed by atoms with Gasteiger partial charge in [-0.15, -0.1) is 0 Å². The first kappa shape index (κ1) is 19.1. The molecule has 0 aliphatic rings. The van der Waals surface area contributed by atoms with Crippen molar-refractivity contribution < 1.29 is 14.3 Å². The number of primary amides is 1. The summed E-state index contributed by atoms with van der Waals surface area (Å²) in [5.74, 6) is -0.177. The fourth-order valence-corrected chi connectivity index (χ4v) is 3.19. The van der Waals surface area contributed by atoms with E-state index in [9.17, 15) is 9.59 Å². The van der Waals surface area contributed by atoms with E-state index in [4.69, 9.17) is 15.5 Å². The van der Waals surface area contributed by atoms with E-state index >= 15 is 0 Å². The number of anilines is 1. The van der Waals surface area contributed by atoms with Gasteiger partial charge < -0.3 is 15.8 Å². The summed E-state index contributed by atoms with van der Waals surface area (Å²) < 4.78 is 5.32. The standard InChI is InChI=1S/C24H19N3O3/c1-30-18-11-12-21-19(13-18)20(14-22(27-21)15-5-3-2-4-6-15)24(29)26-17-9-7-16(8-10-17)23(25)28/h2-14H,1H3,(H2,25,28)(H,26,29). The van der Waals surface area contributed by atoms with Crippen LogP contribution in [0.5, 0.6) is 5.75 Å². The van der Waals surface area contributed by atoms with Gasteiger partial charge in [0.15, 0.2) is 0 Å². The lowest BCUT2D eigenvalue weighted by atomic mass is 10.0. The van der Waals surface area contributed by atoms with Crippen LogP contribution in [0.3, 0.4) is 0 Å². The third-order valence-electron chi connectivity index (χ3n) is 4.76. The number of benzene rings is 3. The van der Waals surface area contributed by atoms with E-state index < -0.39 is 5.91 Å². The van der Waals surface area contributed by atoms with Crippen molar-refractivity contribution >= 4 is 28.4 Å². The van der Waals surface area contributed by atoms with Crippen LogP contribution < -0.4 is 15.8 Å². The van der Waals surface area contributed by atoms with Gasteiger partial charge in [0.05, 0.1) is 23.9 Å². The zero-order chi connectivity index (χ0) is 21.1. The molecule has 30 heavy (non-hydrogen) atoms. The zero-order valence-electron chi connectivity index (χ0n) is 16.3. The Labute approximate surface area is 173 Å². The highest BCUT2D eigenvalue weighted by Gasteiger charge is 2.15. The highest BCUT2D eigenvalue weighted by atomic mass is 16.5. The minimum atomic E-state index is -0.521. The predicted octanol–water partition coefficient (Wildman–Crippen LogP) is 4.26. The molecule has 1 heterocycles. The number of ether oxygens (including phenoxy) is 1. The van der Waals surface area contributed by atoms with Gasteiger partial charge in [0, 0.05) is 22.2 Å². The summed E-state index contributed by atoms with van der Waals surface area (Å²) >= 11 is 0. The molecule has 3 aromatic carbocycles. The summed E-state index contributed by atoms with van der Waals surface area (Å²) in [7, 11) is 1.58. The average Bonchev–Trinajstić information content (AvgIpc) is 2.78. The molecule has 4 rings (SSSR count). The number of pyridine rings is 1. The Kier molecular flexibility index (Phi) is 5.13. The number of methoxy groups -OCH3 is 1. The van der Waals surface area contributed by atoms with Gasteiger partial charge in [0.25, 0.3) is 5.91 Å². The third-order valence-corrected chi connectivity index (χ3v) is 4.76. The lowest BCUT2D eigenvalue weighted by Crippen LogP contribution is -2.14. The molecule has 0 radical (unpaired) electrons. The molecule has 148 valence electrons. The normalized spacial score (nSPS) is 10.6. The van der Waals surface area contributed by atoms with Gasteiger partial charge in [-0.3, -0.25) is 9.59 Å². The number of carbonyl (C=O) groups is 2. The van der Waals surface area contributed by atoms with Gasteiger partial charge in [0.1, 0.15) is 5.75 Å². The number of rotatable bonds is 5. The fraction of sp³-hybridized carbons (Fsp3) is 0.0417. The molecule has 6 nitrogen and oxygen atoms in total. The molecule has 3 N–H and O–H groups in total. The molecule has 0 aliphatic carbocycles. The number of amides is 2. The number of nitrogens with zero attached hydrogens (tertiary/aromatic N) is 1. The number of hydrogen-bond donors (Lipinski definition) is 2. The number of fused-ring (bicyclic) bond motifs is 1. The molecule has 0 bridgehead atoms. The molecule has 2 amide bonds. The monoisotopic (exact) mass is 397 g/mol. The lowest BCUT2D eigenvalue weighted by molar-refractivity contribution is 0.0998. The van der Waals surface area contributed by atoms with Gasteiger partial charge in [0.2, 0.25) is 5.91 Å². The van der Waals surface area contributed by atoms with Crippen molar-refractivity contribution in [2.75, 3.05) is 12.4 Å². The Morgan fingerprint density at radius 2 is 1.67 bits per heavy atom. The summed E-state index contributed by atoms with van der Waals surface area (Å²) in [6.45, 7) is 0. The molecule has 0 fully saturated rings. The first-order chi connectivity index (χ1) is 14.5. The van der Waals surface area contributed by atoms with Crippen LogP contribution in [-0.2, 0) is 0 Å². The van der Waals surface area contributed by atoms with Crippen LogP contribution in [0.15, 0.2) is 78.9 Å². The van der Waals surface area contributed by atoms with Crippen molar-refractivity contribution in [3.63, 3.8) is 0 Å². The van der Waals surface area contributed by atoms with Crippen LogP contribution in [0, 0.1) is 0 Å². The molecule has 0 unspecified atom stereocenters. The van der Waals surface area contributed by atoms with Crippen LogP contribution in [0.4, 0.5) is 5.69 Å². The summed E-state index contributed by atoms with van der Waals surface area (Å²) in [5.41, 5.74) is 8.97. The molecule has 6 heteroatoms. The van der Waals surface area contributed by atoms with Crippen LogP contribution in [0.2, 0.25) is 0 Å². The predicted molar refractivity (Wildman–Crippen MR) is 117 cm³/mol. The van der Waals surface area contributed by atoms with Crippen LogP contribution >= 0.6 is 0 Å². The zero-order valence-corrected chi connectivity index (χ0v) is 16.3. The largest absolute Gasteiger partial charge is 0.497 e. The van der Waals surface area contributed by atoms with Crippen molar-refractivity contribution in [3.8, 4) is 17.0 Å². The Morgan fingerprint density at radius 3 is 2.33 bits per heavy atom. The fourth-order valence-electron chi connectivity index (χ4n) is 3.19. The van der Waals surface area contributed by atoms with Gasteiger partial charge in [-0.1, -0.05) is 30.3 Å². The number of nitrogens with one attached hydrogen (secondary N) is 1. The molecule has 0 saturated carbocycles. The summed E-state index contributed by atoms with van der Waals surface area (Å²) in [4.78, 5) is 29.1. The van der Waals surface area contributed by atoms with Gasteiger partial charge in [-0.05, 0) is 48.5 Å². The van der Waals surface area contributed by atoms with Crippen molar-refractivity contribution in [2.24, 2.45) is 5.73 Å². The summed E-state index contributed by atoms with van der Waals surface area (Å²) in [5, 5.41) is 3.55. The molecular formula is C24H19N3O3. The Morgan fingerprint density at radius 1 is 0.933 bits per heavy atom. The van der Waals surface area contributed by atoms with Crippen molar-refractivity contribution in [1.82, 2.24) is 4.98 Å². The number of nitrogens with two attached hydrogens (primary N) is 1. The first-order valence-electron chi connectivity index (χ1n) is 9.30. The van der Waals surface area contributed by atoms with E-state index in [-0.39, 0.29) is 5.91 Å². The second-order valence-electron chi connectivity index (χ2n) is 6.70. The molecule has 0 aliphatic heterocycles. The molecule has 0 atom stereocenters. The maximum Gasteiger partial charge on any atom is 0.256 e. The molecular weight excluding hydrogens is 378 g/mol.